The molecule has 0 aliphatic rings. The molecule has 0 amide bonds. The molecule has 16 heavy (non-hydrogen) atoms. The van der Waals surface area contributed by atoms with E-state index in [0.29, 0.717) is 13.2 Å². The molecule has 0 unspecified atom stereocenters. The molecule has 0 radical (unpaired) electrons. The topological polar surface area (TPSA) is 35.2 Å². The average Bonchev–Trinajstić information content (AvgIpc) is 2.27. The Bertz CT molecular complexity index is 368. The highest BCUT2D eigenvalue weighted by Crippen LogP contribution is 2.34. The van der Waals surface area contributed by atoms with E-state index in [4.69, 9.17) is 10.5 Å². The van der Waals surface area contributed by atoms with Gasteiger partial charge < -0.3 is 10.5 Å². The van der Waals surface area contributed by atoms with Crippen molar-refractivity contribution in [2.45, 2.75) is 19.9 Å². The van der Waals surface area contributed by atoms with Crippen molar-refractivity contribution in [3.8, 4) is 5.75 Å². The number of halogens is 2. The molecule has 2 N–H and O–H groups in total. The number of nitrogens with two attached hydrogens (primary N) is 1. The van der Waals surface area contributed by atoms with Crippen molar-refractivity contribution in [3.05, 3.63) is 38.8 Å². The van der Waals surface area contributed by atoms with E-state index < -0.39 is 0 Å². The van der Waals surface area contributed by atoms with Crippen LogP contribution in [0.3, 0.4) is 0 Å². The zero-order chi connectivity index (χ0) is 12.1. The molecule has 1 rings (SSSR count). The van der Waals surface area contributed by atoms with Crippen LogP contribution in [0.2, 0.25) is 0 Å². The summed E-state index contributed by atoms with van der Waals surface area (Å²) in [5.74, 6) is 0.798. The van der Waals surface area contributed by atoms with Crippen LogP contribution in [0.25, 0.3) is 0 Å². The summed E-state index contributed by atoms with van der Waals surface area (Å²) in [5, 5.41) is 0. The smallest absolute Gasteiger partial charge is 0.148 e. The number of rotatable bonds is 5. The third-order valence-corrected chi connectivity index (χ3v) is 3.39. The van der Waals surface area contributed by atoms with Gasteiger partial charge in [0, 0.05) is 6.54 Å². The van der Waals surface area contributed by atoms with E-state index in [2.05, 4.69) is 45.4 Å². The van der Waals surface area contributed by atoms with E-state index in [1.165, 1.54) is 0 Å². The Hall–Kier alpha value is -0.320. The van der Waals surface area contributed by atoms with Crippen molar-refractivity contribution < 1.29 is 4.74 Å². The van der Waals surface area contributed by atoms with Gasteiger partial charge in [-0.25, -0.2) is 0 Å². The maximum atomic E-state index is 5.69. The van der Waals surface area contributed by atoms with Crippen molar-refractivity contribution in [2.75, 3.05) is 6.61 Å². The van der Waals surface area contributed by atoms with Crippen LogP contribution in [0, 0.1) is 0 Å². The average molecular weight is 349 g/mol. The maximum Gasteiger partial charge on any atom is 0.148 e. The first kappa shape index (κ1) is 13.7. The molecule has 1 aromatic carbocycles. The minimum Gasteiger partial charge on any atom is -0.487 e. The molecular formula is C12H15Br2NO. The zero-order valence-electron chi connectivity index (χ0n) is 9.22. The summed E-state index contributed by atoms with van der Waals surface area (Å²) in [6.07, 6.45) is 0.927. The maximum absolute atomic E-state index is 5.69. The molecule has 0 fully saturated rings. The Morgan fingerprint density at radius 1 is 1.38 bits per heavy atom. The van der Waals surface area contributed by atoms with E-state index in [-0.39, 0.29) is 0 Å². The number of hydrogen-bond acceptors (Lipinski definition) is 2. The number of ether oxygens (including phenoxy) is 1. The molecule has 2 nitrogen and oxygen atoms in total. The third kappa shape index (κ3) is 3.61. The molecule has 0 spiro atoms. The fourth-order valence-corrected chi connectivity index (χ4v) is 2.65. The molecule has 0 bridgehead atoms. The standard InChI is InChI=1S/C12H15Br2NO/c1-3-8(2)7-16-12-10(13)4-9(6-15)5-11(12)14/h4-5H,2-3,6-7,15H2,1H3. The summed E-state index contributed by atoms with van der Waals surface area (Å²) in [5.41, 5.74) is 7.71. The third-order valence-electron chi connectivity index (χ3n) is 2.21. The summed E-state index contributed by atoms with van der Waals surface area (Å²) in [6, 6.07) is 3.93. The lowest BCUT2D eigenvalue weighted by molar-refractivity contribution is 0.344. The van der Waals surface area contributed by atoms with E-state index in [0.717, 1.165) is 32.3 Å². The summed E-state index contributed by atoms with van der Waals surface area (Å²) in [6.45, 7) is 7.02. The summed E-state index contributed by atoms with van der Waals surface area (Å²) in [4.78, 5) is 0. The van der Waals surface area contributed by atoms with Gasteiger partial charge in [-0.2, -0.15) is 0 Å². The fraction of sp³-hybridized carbons (Fsp3) is 0.333. The molecule has 0 aliphatic carbocycles. The lowest BCUT2D eigenvalue weighted by Gasteiger charge is -2.12. The van der Waals surface area contributed by atoms with Crippen LogP contribution in [0.1, 0.15) is 18.9 Å². The van der Waals surface area contributed by atoms with Gasteiger partial charge in [-0.3, -0.25) is 0 Å². The predicted molar refractivity (Wildman–Crippen MR) is 74.7 cm³/mol. The van der Waals surface area contributed by atoms with Gasteiger partial charge in [0.25, 0.3) is 0 Å². The van der Waals surface area contributed by atoms with Crippen molar-refractivity contribution in [2.24, 2.45) is 5.73 Å². The van der Waals surface area contributed by atoms with Gasteiger partial charge in [0.15, 0.2) is 0 Å². The van der Waals surface area contributed by atoms with Crippen molar-refractivity contribution in [3.63, 3.8) is 0 Å². The van der Waals surface area contributed by atoms with Crippen LogP contribution in [0.15, 0.2) is 33.2 Å². The molecule has 0 aliphatic heterocycles. The zero-order valence-corrected chi connectivity index (χ0v) is 12.4. The Morgan fingerprint density at radius 2 is 1.94 bits per heavy atom. The van der Waals surface area contributed by atoms with Crippen LogP contribution >= 0.6 is 31.9 Å². The van der Waals surface area contributed by atoms with E-state index >= 15 is 0 Å². The van der Waals surface area contributed by atoms with Crippen LogP contribution in [-0.4, -0.2) is 6.61 Å². The minimum absolute atomic E-state index is 0.513. The second kappa shape index (κ2) is 6.42. The Labute approximate surface area is 113 Å². The van der Waals surface area contributed by atoms with E-state index in [1.807, 2.05) is 12.1 Å². The normalized spacial score (nSPS) is 10.2. The first-order chi connectivity index (χ1) is 7.58. The first-order valence-corrected chi connectivity index (χ1v) is 6.64. The second-order valence-corrected chi connectivity index (χ2v) is 5.19. The number of hydrogen-bond donors (Lipinski definition) is 1. The monoisotopic (exact) mass is 347 g/mol. The van der Waals surface area contributed by atoms with Crippen molar-refractivity contribution in [1.82, 2.24) is 0 Å². The predicted octanol–water partition coefficient (Wildman–Crippen LogP) is 4.02. The summed E-state index contributed by atoms with van der Waals surface area (Å²) >= 11 is 6.94. The minimum atomic E-state index is 0.513. The van der Waals surface area contributed by atoms with Crippen LogP contribution in [0.5, 0.6) is 5.75 Å². The number of benzene rings is 1. The van der Waals surface area contributed by atoms with E-state index in [1.54, 1.807) is 0 Å². The lowest BCUT2D eigenvalue weighted by Crippen LogP contribution is -2.02. The molecule has 0 saturated carbocycles. The molecule has 4 heteroatoms. The molecule has 1 aromatic rings. The van der Waals surface area contributed by atoms with Crippen molar-refractivity contribution >= 4 is 31.9 Å². The van der Waals surface area contributed by atoms with Gasteiger partial charge in [-0.15, -0.1) is 0 Å². The van der Waals surface area contributed by atoms with Gasteiger partial charge in [0.2, 0.25) is 0 Å². The van der Waals surface area contributed by atoms with Gasteiger partial charge in [0.05, 0.1) is 8.95 Å². The highest BCUT2D eigenvalue weighted by Gasteiger charge is 2.08. The SMILES string of the molecule is C=C(CC)COc1c(Br)cc(CN)cc1Br. The van der Waals surface area contributed by atoms with Crippen LogP contribution < -0.4 is 10.5 Å². The highest BCUT2D eigenvalue weighted by atomic mass is 79.9. The second-order valence-electron chi connectivity index (χ2n) is 3.48. The van der Waals surface area contributed by atoms with Gasteiger partial charge in [0.1, 0.15) is 12.4 Å². The van der Waals surface area contributed by atoms with E-state index in [9.17, 15) is 0 Å². The Morgan fingerprint density at radius 3 is 2.38 bits per heavy atom. The molecular weight excluding hydrogens is 334 g/mol. The van der Waals surface area contributed by atoms with Gasteiger partial charge in [-0.1, -0.05) is 13.5 Å². The fourth-order valence-electron chi connectivity index (χ4n) is 1.14. The molecule has 0 saturated heterocycles. The largest absolute Gasteiger partial charge is 0.487 e. The van der Waals surface area contributed by atoms with Gasteiger partial charge >= 0.3 is 0 Å². The molecule has 0 heterocycles. The van der Waals surface area contributed by atoms with Crippen molar-refractivity contribution in [1.29, 1.82) is 0 Å². The van der Waals surface area contributed by atoms with Gasteiger partial charge in [-0.05, 0) is 61.5 Å². The van der Waals surface area contributed by atoms with Crippen LogP contribution in [0.4, 0.5) is 0 Å². The van der Waals surface area contributed by atoms with Crippen LogP contribution in [-0.2, 0) is 6.54 Å². The summed E-state index contributed by atoms with van der Waals surface area (Å²) < 4.78 is 7.50. The quantitative estimate of drug-likeness (QED) is 0.816. The molecule has 88 valence electrons. The Balaban J connectivity index is 2.84. The Kier molecular flexibility index (Phi) is 5.52. The summed E-state index contributed by atoms with van der Waals surface area (Å²) in [7, 11) is 0. The molecule has 0 atom stereocenters. The highest BCUT2D eigenvalue weighted by molar-refractivity contribution is 9.11. The molecule has 0 aromatic heterocycles. The lowest BCUT2D eigenvalue weighted by atomic mass is 10.2. The first-order valence-electron chi connectivity index (χ1n) is 5.06.